The fourth-order valence-corrected chi connectivity index (χ4v) is 2.08. The largest absolute Gasteiger partial charge is 0.385 e. The van der Waals surface area contributed by atoms with Gasteiger partial charge in [-0.1, -0.05) is 24.3 Å². The van der Waals surface area contributed by atoms with Crippen LogP contribution in [0.2, 0.25) is 0 Å². The molecule has 3 rings (SSSR count). The molecule has 2 heterocycles. The minimum atomic E-state index is 0.757. The summed E-state index contributed by atoms with van der Waals surface area (Å²) in [5.41, 5.74) is 8.36. The van der Waals surface area contributed by atoms with Crippen molar-refractivity contribution in [1.82, 2.24) is 9.55 Å². The normalized spacial score (nSPS) is 10.8. The number of anilines is 1. The topological polar surface area (TPSA) is 43.8 Å². The lowest BCUT2D eigenvalue weighted by molar-refractivity contribution is 0.843. The molecule has 17 heavy (non-hydrogen) atoms. The van der Waals surface area contributed by atoms with Gasteiger partial charge in [0.2, 0.25) is 0 Å². The quantitative estimate of drug-likeness (QED) is 0.725. The highest BCUT2D eigenvalue weighted by atomic mass is 15.0. The fourth-order valence-electron chi connectivity index (χ4n) is 2.08. The number of nitrogens with zero attached hydrogens (tertiary/aromatic N) is 2. The number of para-hydroxylation sites is 1. The molecule has 2 N–H and O–H groups in total. The van der Waals surface area contributed by atoms with Crippen molar-refractivity contribution in [1.29, 1.82) is 0 Å². The zero-order valence-corrected chi connectivity index (χ0v) is 9.38. The summed E-state index contributed by atoms with van der Waals surface area (Å²) in [4.78, 5) is 4.12. The number of nitrogen functional groups attached to an aromatic ring is 1. The Hall–Kier alpha value is -2.29. The third-order valence-corrected chi connectivity index (χ3v) is 2.91. The van der Waals surface area contributed by atoms with E-state index in [1.54, 1.807) is 6.20 Å². The summed E-state index contributed by atoms with van der Waals surface area (Å²) >= 11 is 0. The number of fused-ring (bicyclic) bond motifs is 1. The number of hydrogen-bond donors (Lipinski definition) is 1. The Morgan fingerprint density at radius 3 is 2.82 bits per heavy atom. The van der Waals surface area contributed by atoms with Gasteiger partial charge in [0.15, 0.2) is 0 Å². The van der Waals surface area contributed by atoms with Gasteiger partial charge >= 0.3 is 0 Å². The molecule has 0 aliphatic carbocycles. The predicted molar refractivity (Wildman–Crippen MR) is 69.7 cm³/mol. The van der Waals surface area contributed by atoms with E-state index in [0.717, 1.165) is 23.4 Å². The molecule has 3 heteroatoms. The lowest BCUT2D eigenvalue weighted by Crippen LogP contribution is -2.03. The maximum Gasteiger partial charge on any atom is 0.104 e. The SMILES string of the molecule is Nc1cc2ccccc2n1Cc1cccnc1. The summed E-state index contributed by atoms with van der Waals surface area (Å²) in [5.74, 6) is 0.787. The molecule has 0 fully saturated rings. The Balaban J connectivity index is 2.08. The smallest absolute Gasteiger partial charge is 0.104 e. The number of pyridine rings is 1. The summed E-state index contributed by atoms with van der Waals surface area (Å²) in [6.07, 6.45) is 3.65. The zero-order chi connectivity index (χ0) is 11.7. The molecule has 0 saturated heterocycles. The molecular formula is C14H13N3. The van der Waals surface area contributed by atoms with Crippen LogP contribution < -0.4 is 5.73 Å². The monoisotopic (exact) mass is 223 g/mol. The van der Waals surface area contributed by atoms with E-state index in [1.165, 1.54) is 5.39 Å². The molecule has 84 valence electrons. The highest BCUT2D eigenvalue weighted by molar-refractivity contribution is 5.84. The lowest BCUT2D eigenvalue weighted by Gasteiger charge is -2.07. The van der Waals surface area contributed by atoms with E-state index in [2.05, 4.69) is 27.8 Å². The van der Waals surface area contributed by atoms with Crippen LogP contribution >= 0.6 is 0 Å². The van der Waals surface area contributed by atoms with Crippen molar-refractivity contribution < 1.29 is 0 Å². The minimum absolute atomic E-state index is 0.757. The molecule has 0 amide bonds. The van der Waals surface area contributed by atoms with Gasteiger partial charge in [0.25, 0.3) is 0 Å². The third kappa shape index (κ3) is 1.76. The van der Waals surface area contributed by atoms with Crippen LogP contribution in [-0.2, 0) is 6.54 Å². The Labute approximate surface area is 99.5 Å². The maximum atomic E-state index is 6.04. The van der Waals surface area contributed by atoms with E-state index in [9.17, 15) is 0 Å². The van der Waals surface area contributed by atoms with Crippen LogP contribution in [0.3, 0.4) is 0 Å². The van der Waals surface area contributed by atoms with E-state index in [0.29, 0.717) is 0 Å². The van der Waals surface area contributed by atoms with Crippen LogP contribution in [0.15, 0.2) is 54.9 Å². The van der Waals surface area contributed by atoms with Gasteiger partial charge in [0, 0.05) is 17.8 Å². The summed E-state index contributed by atoms with van der Waals surface area (Å²) in [5, 5.41) is 1.17. The summed E-state index contributed by atoms with van der Waals surface area (Å²) in [6, 6.07) is 14.2. The molecule has 1 aromatic carbocycles. The Morgan fingerprint density at radius 2 is 2.00 bits per heavy atom. The number of aromatic nitrogens is 2. The highest BCUT2D eigenvalue weighted by Crippen LogP contribution is 2.22. The lowest BCUT2D eigenvalue weighted by atomic mass is 10.2. The second-order valence-electron chi connectivity index (χ2n) is 4.08. The molecule has 0 saturated carbocycles. The molecule has 0 radical (unpaired) electrons. The number of rotatable bonds is 2. The Kier molecular flexibility index (Phi) is 2.29. The number of benzene rings is 1. The highest BCUT2D eigenvalue weighted by Gasteiger charge is 2.05. The minimum Gasteiger partial charge on any atom is -0.385 e. The fraction of sp³-hybridized carbons (Fsp3) is 0.0714. The van der Waals surface area contributed by atoms with Gasteiger partial charge in [0.1, 0.15) is 5.82 Å². The van der Waals surface area contributed by atoms with Gasteiger partial charge < -0.3 is 10.3 Å². The zero-order valence-electron chi connectivity index (χ0n) is 9.38. The molecule has 3 aromatic rings. The van der Waals surface area contributed by atoms with Crippen molar-refractivity contribution in [3.63, 3.8) is 0 Å². The first-order valence-electron chi connectivity index (χ1n) is 5.57. The van der Waals surface area contributed by atoms with Gasteiger partial charge in [-0.2, -0.15) is 0 Å². The summed E-state index contributed by atoms with van der Waals surface area (Å²) < 4.78 is 2.10. The molecule has 0 unspecified atom stereocenters. The van der Waals surface area contributed by atoms with Crippen molar-refractivity contribution in [3.8, 4) is 0 Å². The van der Waals surface area contributed by atoms with Crippen LogP contribution in [0.25, 0.3) is 10.9 Å². The van der Waals surface area contributed by atoms with E-state index in [4.69, 9.17) is 5.73 Å². The van der Waals surface area contributed by atoms with Gasteiger partial charge in [-0.3, -0.25) is 4.98 Å². The van der Waals surface area contributed by atoms with E-state index in [1.807, 2.05) is 30.5 Å². The van der Waals surface area contributed by atoms with Crippen molar-refractivity contribution >= 4 is 16.7 Å². The van der Waals surface area contributed by atoms with Crippen molar-refractivity contribution in [2.45, 2.75) is 6.54 Å². The van der Waals surface area contributed by atoms with Crippen molar-refractivity contribution in [2.75, 3.05) is 5.73 Å². The van der Waals surface area contributed by atoms with Gasteiger partial charge in [-0.15, -0.1) is 0 Å². The number of hydrogen-bond acceptors (Lipinski definition) is 2. The van der Waals surface area contributed by atoms with Gasteiger partial charge in [-0.25, -0.2) is 0 Å². The second kappa shape index (κ2) is 3.94. The second-order valence-corrected chi connectivity index (χ2v) is 4.08. The van der Waals surface area contributed by atoms with Crippen LogP contribution in [0.5, 0.6) is 0 Å². The summed E-state index contributed by atoms with van der Waals surface area (Å²) in [6.45, 7) is 0.757. The number of nitrogens with two attached hydrogens (primary N) is 1. The van der Waals surface area contributed by atoms with E-state index >= 15 is 0 Å². The molecule has 0 atom stereocenters. The van der Waals surface area contributed by atoms with Crippen LogP contribution in [-0.4, -0.2) is 9.55 Å². The first-order valence-corrected chi connectivity index (χ1v) is 5.57. The molecule has 2 aromatic heterocycles. The van der Waals surface area contributed by atoms with E-state index < -0.39 is 0 Å². The average Bonchev–Trinajstić information content (AvgIpc) is 2.68. The Morgan fingerprint density at radius 1 is 1.12 bits per heavy atom. The van der Waals surface area contributed by atoms with Crippen molar-refractivity contribution in [2.24, 2.45) is 0 Å². The molecular weight excluding hydrogens is 210 g/mol. The third-order valence-electron chi connectivity index (χ3n) is 2.91. The average molecular weight is 223 g/mol. The molecule has 0 spiro atoms. The van der Waals surface area contributed by atoms with Crippen molar-refractivity contribution in [3.05, 3.63) is 60.4 Å². The van der Waals surface area contributed by atoms with Gasteiger partial charge in [-0.05, 0) is 23.8 Å². The molecule has 0 aliphatic rings. The van der Waals surface area contributed by atoms with Gasteiger partial charge in [0.05, 0.1) is 12.1 Å². The van der Waals surface area contributed by atoms with Crippen LogP contribution in [0, 0.1) is 0 Å². The van der Waals surface area contributed by atoms with E-state index in [-0.39, 0.29) is 0 Å². The predicted octanol–water partition coefficient (Wildman–Crippen LogP) is 2.67. The molecule has 3 nitrogen and oxygen atoms in total. The Bertz CT molecular complexity index is 641. The summed E-state index contributed by atoms with van der Waals surface area (Å²) in [7, 11) is 0. The molecule has 0 aliphatic heterocycles. The van der Waals surface area contributed by atoms with Crippen LogP contribution in [0.4, 0.5) is 5.82 Å². The maximum absolute atomic E-state index is 6.04. The first kappa shape index (κ1) is 9.90. The molecule has 0 bridgehead atoms. The van der Waals surface area contributed by atoms with Crippen LogP contribution in [0.1, 0.15) is 5.56 Å². The first-order chi connectivity index (χ1) is 8.34. The standard InChI is InChI=1S/C14H13N3/c15-14-8-12-5-1-2-6-13(12)17(14)10-11-4-3-7-16-9-11/h1-9H,10,15H2.